The van der Waals surface area contributed by atoms with Gasteiger partial charge in [-0.2, -0.15) is 0 Å². The van der Waals surface area contributed by atoms with Gasteiger partial charge in [0, 0.05) is 6.08 Å². The van der Waals surface area contributed by atoms with Crippen LogP contribution in [0.5, 0.6) is 0 Å². The predicted molar refractivity (Wildman–Crippen MR) is 112 cm³/mol. The molecule has 0 saturated carbocycles. The summed E-state index contributed by atoms with van der Waals surface area (Å²) in [7, 11) is 0. The number of rotatable bonds is 8. The zero-order valence-electron chi connectivity index (χ0n) is 17.5. The van der Waals surface area contributed by atoms with Gasteiger partial charge in [0.25, 0.3) is 0 Å². The maximum absolute atomic E-state index is 11.5. The molecule has 1 aliphatic rings. The van der Waals surface area contributed by atoms with Gasteiger partial charge in [0.05, 0.1) is 6.61 Å². The monoisotopic (exact) mass is 356 g/mol. The number of carbonyl (C=O) groups is 1. The molecule has 1 aliphatic carbocycles. The van der Waals surface area contributed by atoms with E-state index in [9.17, 15) is 4.79 Å². The molecular formula is C24H36O2. The molecule has 2 heteroatoms. The van der Waals surface area contributed by atoms with E-state index in [-0.39, 0.29) is 11.4 Å². The summed E-state index contributed by atoms with van der Waals surface area (Å²) in [5.41, 5.74) is 5.50. The van der Waals surface area contributed by atoms with E-state index in [4.69, 9.17) is 4.74 Å². The average molecular weight is 357 g/mol. The molecule has 0 amide bonds. The molecule has 1 rings (SSSR count). The Kier molecular flexibility index (Phi) is 9.40. The van der Waals surface area contributed by atoms with Crippen molar-refractivity contribution >= 4 is 5.97 Å². The largest absolute Gasteiger partial charge is 0.463 e. The average Bonchev–Trinajstić information content (AvgIpc) is 2.53. The smallest absolute Gasteiger partial charge is 0.330 e. The highest BCUT2D eigenvalue weighted by atomic mass is 16.5. The van der Waals surface area contributed by atoms with Crippen LogP contribution in [0.15, 0.2) is 58.7 Å². The van der Waals surface area contributed by atoms with Crippen LogP contribution in [-0.2, 0) is 9.53 Å². The molecule has 0 aromatic heterocycles. The third-order valence-corrected chi connectivity index (χ3v) is 4.85. The van der Waals surface area contributed by atoms with Gasteiger partial charge < -0.3 is 4.74 Å². The Balaban J connectivity index is 2.90. The van der Waals surface area contributed by atoms with E-state index in [0.29, 0.717) is 6.61 Å². The molecule has 0 aliphatic heterocycles. The standard InChI is InChI=1S/C24H36O2/c1-7-11-21(14-9-12-19(3)18-23(25)26-8-2)15-16-22-20(4)13-10-17-24(22,5)6/h9,12,14-16,18H,7-8,10-11,13,17H2,1-6H3/b12-9+,16-15+,19-18-,21-14-. The Morgan fingerprint density at radius 1 is 1.23 bits per heavy atom. The van der Waals surface area contributed by atoms with Crippen LogP contribution in [0, 0.1) is 5.41 Å². The molecule has 0 aromatic rings. The molecule has 144 valence electrons. The second kappa shape index (κ2) is 11.0. The SMILES string of the molecule is CCCC(=C/C=C/C(C)=C\C(=O)OCC)/C=C/C1=C(C)CCCC1(C)C. The lowest BCUT2D eigenvalue weighted by Crippen LogP contribution is -2.19. The van der Waals surface area contributed by atoms with Crippen LogP contribution in [0.1, 0.15) is 73.6 Å². The number of allylic oxidation sites excluding steroid dienone is 9. The van der Waals surface area contributed by atoms with Crippen molar-refractivity contribution in [1.82, 2.24) is 0 Å². The van der Waals surface area contributed by atoms with Gasteiger partial charge >= 0.3 is 5.97 Å². The minimum atomic E-state index is -0.283. The zero-order valence-corrected chi connectivity index (χ0v) is 17.5. The first-order valence-corrected chi connectivity index (χ1v) is 9.90. The Morgan fingerprint density at radius 2 is 1.96 bits per heavy atom. The molecule has 0 heterocycles. The highest BCUT2D eigenvalue weighted by Gasteiger charge is 2.26. The molecule has 0 unspecified atom stereocenters. The van der Waals surface area contributed by atoms with Gasteiger partial charge in [-0.25, -0.2) is 4.79 Å². The molecule has 0 spiro atoms. The number of carbonyl (C=O) groups excluding carboxylic acids is 1. The van der Waals surface area contributed by atoms with Gasteiger partial charge in [0.15, 0.2) is 0 Å². The molecule has 0 saturated heterocycles. The van der Waals surface area contributed by atoms with Crippen molar-refractivity contribution in [3.63, 3.8) is 0 Å². The molecular weight excluding hydrogens is 320 g/mol. The molecule has 0 aromatic carbocycles. The molecule has 0 radical (unpaired) electrons. The van der Waals surface area contributed by atoms with E-state index < -0.39 is 0 Å². The van der Waals surface area contributed by atoms with E-state index in [1.807, 2.05) is 26.0 Å². The predicted octanol–water partition coefficient (Wildman–Crippen LogP) is 6.86. The van der Waals surface area contributed by atoms with Crippen LogP contribution in [0.3, 0.4) is 0 Å². The topological polar surface area (TPSA) is 26.3 Å². The van der Waals surface area contributed by atoms with Crippen molar-refractivity contribution in [2.75, 3.05) is 6.61 Å². The summed E-state index contributed by atoms with van der Waals surface area (Å²) in [4.78, 5) is 11.5. The number of hydrogen-bond donors (Lipinski definition) is 0. The Labute approximate surface area is 160 Å². The first-order valence-electron chi connectivity index (χ1n) is 9.90. The van der Waals surface area contributed by atoms with Crippen LogP contribution >= 0.6 is 0 Å². The van der Waals surface area contributed by atoms with Crippen LogP contribution < -0.4 is 0 Å². The van der Waals surface area contributed by atoms with Crippen molar-refractivity contribution in [2.24, 2.45) is 5.41 Å². The Hall–Kier alpha value is -1.83. The lowest BCUT2D eigenvalue weighted by atomic mass is 9.72. The van der Waals surface area contributed by atoms with Crippen molar-refractivity contribution in [1.29, 1.82) is 0 Å². The fourth-order valence-corrected chi connectivity index (χ4v) is 3.45. The second-order valence-corrected chi connectivity index (χ2v) is 7.76. The number of hydrogen-bond acceptors (Lipinski definition) is 2. The summed E-state index contributed by atoms with van der Waals surface area (Å²) in [6, 6.07) is 0. The zero-order chi connectivity index (χ0) is 19.6. The summed E-state index contributed by atoms with van der Waals surface area (Å²) in [5.74, 6) is -0.283. The molecule has 0 fully saturated rings. The summed E-state index contributed by atoms with van der Waals surface area (Å²) >= 11 is 0. The molecule has 26 heavy (non-hydrogen) atoms. The summed E-state index contributed by atoms with van der Waals surface area (Å²) < 4.78 is 4.93. The maximum Gasteiger partial charge on any atom is 0.330 e. The van der Waals surface area contributed by atoms with E-state index in [1.54, 1.807) is 0 Å². The molecule has 2 nitrogen and oxygen atoms in total. The van der Waals surface area contributed by atoms with Crippen molar-refractivity contribution in [3.8, 4) is 0 Å². The summed E-state index contributed by atoms with van der Waals surface area (Å²) in [5, 5.41) is 0. The first-order chi connectivity index (χ1) is 12.3. The fourth-order valence-electron chi connectivity index (χ4n) is 3.45. The van der Waals surface area contributed by atoms with Gasteiger partial charge in [-0.15, -0.1) is 0 Å². The van der Waals surface area contributed by atoms with E-state index in [2.05, 4.69) is 45.9 Å². The van der Waals surface area contributed by atoms with E-state index in [0.717, 1.165) is 18.4 Å². The van der Waals surface area contributed by atoms with E-state index in [1.165, 1.54) is 42.1 Å². The van der Waals surface area contributed by atoms with Gasteiger partial charge in [0.1, 0.15) is 0 Å². The molecule has 0 N–H and O–H groups in total. The van der Waals surface area contributed by atoms with Gasteiger partial charge in [0.2, 0.25) is 0 Å². The minimum Gasteiger partial charge on any atom is -0.463 e. The molecule has 0 bridgehead atoms. The van der Waals surface area contributed by atoms with Gasteiger partial charge in [-0.3, -0.25) is 0 Å². The quantitative estimate of drug-likeness (QED) is 0.270. The Bertz CT molecular complexity index is 625. The number of esters is 1. The van der Waals surface area contributed by atoms with Crippen molar-refractivity contribution < 1.29 is 9.53 Å². The van der Waals surface area contributed by atoms with Crippen LogP contribution in [-0.4, -0.2) is 12.6 Å². The minimum absolute atomic E-state index is 0.269. The second-order valence-electron chi connectivity index (χ2n) is 7.76. The third kappa shape index (κ3) is 7.59. The lowest BCUT2D eigenvalue weighted by molar-refractivity contribution is -0.137. The Morgan fingerprint density at radius 3 is 2.58 bits per heavy atom. The highest BCUT2D eigenvalue weighted by Crippen LogP contribution is 2.40. The van der Waals surface area contributed by atoms with Crippen molar-refractivity contribution in [3.05, 3.63) is 58.7 Å². The van der Waals surface area contributed by atoms with Crippen LogP contribution in [0.25, 0.3) is 0 Å². The summed E-state index contributed by atoms with van der Waals surface area (Å²) in [6.07, 6.45) is 18.2. The van der Waals surface area contributed by atoms with Crippen molar-refractivity contribution in [2.45, 2.75) is 73.6 Å². The first kappa shape index (κ1) is 22.2. The van der Waals surface area contributed by atoms with Crippen LogP contribution in [0.2, 0.25) is 0 Å². The van der Waals surface area contributed by atoms with Gasteiger partial charge in [-0.1, -0.05) is 63.1 Å². The normalized spacial score (nSPS) is 18.8. The summed E-state index contributed by atoms with van der Waals surface area (Å²) in [6.45, 7) is 13.3. The number of ether oxygens (including phenoxy) is 1. The van der Waals surface area contributed by atoms with Gasteiger partial charge in [-0.05, 0) is 68.6 Å². The van der Waals surface area contributed by atoms with E-state index >= 15 is 0 Å². The van der Waals surface area contributed by atoms with Crippen LogP contribution in [0.4, 0.5) is 0 Å². The third-order valence-electron chi connectivity index (χ3n) is 4.85. The highest BCUT2D eigenvalue weighted by molar-refractivity contribution is 5.83. The molecule has 0 atom stereocenters. The maximum atomic E-state index is 11.5. The lowest BCUT2D eigenvalue weighted by Gasteiger charge is -2.33. The fraction of sp³-hybridized carbons (Fsp3) is 0.542.